The number of hydrogen-bond donors (Lipinski definition) is 2. The Kier molecular flexibility index (Phi) is 12.3. The van der Waals surface area contributed by atoms with Gasteiger partial charge in [-0.15, -0.1) is 6.58 Å². The van der Waals surface area contributed by atoms with Crippen LogP contribution in [0.5, 0.6) is 5.75 Å². The summed E-state index contributed by atoms with van der Waals surface area (Å²) in [5.74, 6) is 1.56. The van der Waals surface area contributed by atoms with Gasteiger partial charge < -0.3 is 19.8 Å². The van der Waals surface area contributed by atoms with Crippen LogP contribution in [-0.4, -0.2) is 37.2 Å². The highest BCUT2D eigenvalue weighted by molar-refractivity contribution is 6.98. The molecule has 0 fully saturated rings. The maximum atomic E-state index is 14.3. The number of aromatic amines is 1. The second-order valence-corrected chi connectivity index (χ2v) is 7.31. The molecule has 0 saturated heterocycles. The normalized spacial score (nSPS) is 14.1. The SMILES string of the molecule is C=CCC1CB(C#N)C(=O)c2c1[nH]c(C(=C)CN=CC)c2Nc1cccc(F)c1OC.CC.CC. The number of benzene rings is 1. The van der Waals surface area contributed by atoms with Gasteiger partial charge in [-0.25, -0.2) is 9.65 Å². The van der Waals surface area contributed by atoms with E-state index in [0.717, 1.165) is 5.69 Å². The van der Waals surface area contributed by atoms with E-state index in [9.17, 15) is 14.4 Å². The van der Waals surface area contributed by atoms with Gasteiger partial charge in [0, 0.05) is 11.7 Å². The molecule has 1 aromatic heterocycles. The van der Waals surface area contributed by atoms with E-state index in [2.05, 4.69) is 34.4 Å². The van der Waals surface area contributed by atoms with Gasteiger partial charge in [0.1, 0.15) is 5.68 Å². The summed E-state index contributed by atoms with van der Waals surface area (Å²) in [5.41, 5.74) is 2.93. The van der Waals surface area contributed by atoms with Gasteiger partial charge in [-0.2, -0.15) is 0 Å². The summed E-state index contributed by atoms with van der Waals surface area (Å²) in [4.78, 5) is 20.8. The first-order valence-corrected chi connectivity index (χ1v) is 12.0. The van der Waals surface area contributed by atoms with Crippen LogP contribution in [0.4, 0.5) is 15.8 Å². The number of allylic oxidation sites excluding steroid dienone is 1. The molecule has 0 radical (unpaired) electrons. The maximum Gasteiger partial charge on any atom is 0.351 e. The molecule has 3 rings (SSSR count). The van der Waals surface area contributed by atoms with Crippen LogP contribution in [0.15, 0.2) is 42.4 Å². The van der Waals surface area contributed by atoms with Crippen molar-refractivity contribution in [1.29, 1.82) is 5.26 Å². The molecule has 0 bridgehead atoms. The second-order valence-electron chi connectivity index (χ2n) is 7.31. The van der Waals surface area contributed by atoms with E-state index in [0.29, 0.717) is 47.5 Å². The number of aromatic nitrogens is 1. The van der Waals surface area contributed by atoms with E-state index < -0.39 is 12.5 Å². The van der Waals surface area contributed by atoms with Crippen molar-refractivity contribution in [3.63, 3.8) is 0 Å². The molecule has 0 spiro atoms. The molecule has 1 aliphatic rings. The average molecular weight is 478 g/mol. The third-order valence-corrected chi connectivity index (χ3v) is 5.38. The van der Waals surface area contributed by atoms with Gasteiger partial charge in [0.05, 0.1) is 36.3 Å². The standard InChI is InChI=1S/C23H24BFN4O2.2C2H6/c1-5-8-15-11-24(13-26)23(30)18-20(15)29-19(14(3)12-27-6-2)21(18)28-17-10-7-9-16(25)22(17)31-4;2*1-2/h5-7,9-10,15,28-29H,1,3,8,11-12H2,2,4H3;2*1-2H3. The van der Waals surface area contributed by atoms with Crippen molar-refractivity contribution in [1.82, 2.24) is 4.98 Å². The predicted octanol–water partition coefficient (Wildman–Crippen LogP) is 7.02. The number of nitrogens with one attached hydrogen (secondary N) is 2. The maximum absolute atomic E-state index is 14.3. The molecule has 8 heteroatoms. The second kappa shape index (κ2) is 14.6. The highest BCUT2D eigenvalue weighted by atomic mass is 19.1. The van der Waals surface area contributed by atoms with Crippen molar-refractivity contribution < 1.29 is 13.9 Å². The minimum Gasteiger partial charge on any atom is -0.492 e. The summed E-state index contributed by atoms with van der Waals surface area (Å²) >= 11 is 0. The number of para-hydroxylation sites is 1. The van der Waals surface area contributed by atoms with Gasteiger partial charge >= 0.3 is 6.71 Å². The molecule has 2 aromatic rings. The fraction of sp³-hybridized carbons (Fsp3) is 0.370. The van der Waals surface area contributed by atoms with Gasteiger partial charge in [-0.3, -0.25) is 4.99 Å². The summed E-state index contributed by atoms with van der Waals surface area (Å²) in [6.07, 6.45) is 4.48. The Hall–Kier alpha value is -3.60. The molecule has 2 N–H and O–H groups in total. The average Bonchev–Trinajstić information content (AvgIpc) is 3.27. The molecule has 0 amide bonds. The number of hydrogen-bond acceptors (Lipinski definition) is 5. The lowest BCUT2D eigenvalue weighted by Gasteiger charge is -2.23. The van der Waals surface area contributed by atoms with Crippen LogP contribution < -0.4 is 10.1 Å². The molecular formula is C27H36BFN4O2. The molecule has 6 nitrogen and oxygen atoms in total. The van der Waals surface area contributed by atoms with Crippen molar-refractivity contribution in [2.75, 3.05) is 19.0 Å². The molecule has 0 saturated carbocycles. The Bertz CT molecular complexity index is 1100. The molecule has 1 aromatic carbocycles. The number of H-pyrrole nitrogens is 1. The molecule has 0 aliphatic carbocycles. The number of methoxy groups -OCH3 is 1. The van der Waals surface area contributed by atoms with E-state index in [-0.39, 0.29) is 17.4 Å². The Morgan fingerprint density at radius 2 is 2.09 bits per heavy atom. The van der Waals surface area contributed by atoms with Crippen LogP contribution >= 0.6 is 0 Å². The van der Waals surface area contributed by atoms with Crippen molar-refractivity contribution in [3.05, 3.63) is 60.2 Å². The molecule has 35 heavy (non-hydrogen) atoms. The van der Waals surface area contributed by atoms with Crippen LogP contribution in [0.1, 0.15) is 68.7 Å². The number of anilines is 2. The smallest absolute Gasteiger partial charge is 0.351 e. The molecular weight excluding hydrogens is 442 g/mol. The van der Waals surface area contributed by atoms with Crippen molar-refractivity contribution in [2.24, 2.45) is 4.99 Å². The monoisotopic (exact) mass is 478 g/mol. The fourth-order valence-electron chi connectivity index (χ4n) is 3.91. The molecule has 2 heterocycles. The zero-order valence-electron chi connectivity index (χ0n) is 21.7. The van der Waals surface area contributed by atoms with E-state index in [1.165, 1.54) is 13.2 Å². The highest BCUT2D eigenvalue weighted by Gasteiger charge is 2.41. The summed E-state index contributed by atoms with van der Waals surface area (Å²) < 4.78 is 19.5. The van der Waals surface area contributed by atoms with E-state index in [1.54, 1.807) is 24.4 Å². The van der Waals surface area contributed by atoms with Crippen LogP contribution in [0, 0.1) is 17.0 Å². The third-order valence-electron chi connectivity index (χ3n) is 5.38. The molecule has 1 atom stereocenters. The van der Waals surface area contributed by atoms with Crippen molar-refractivity contribution in [2.45, 2.75) is 53.3 Å². The summed E-state index contributed by atoms with van der Waals surface area (Å²) in [7, 11) is 1.38. The number of ether oxygens (including phenoxy) is 1. The number of aliphatic imine (C=N–C) groups is 1. The minimum atomic E-state index is -0.766. The minimum absolute atomic E-state index is 0.0309. The molecule has 1 unspecified atom stereocenters. The van der Waals surface area contributed by atoms with E-state index in [1.807, 2.05) is 34.6 Å². The van der Waals surface area contributed by atoms with Crippen molar-refractivity contribution >= 4 is 35.6 Å². The Balaban J connectivity index is 0.00000145. The van der Waals surface area contributed by atoms with Crippen molar-refractivity contribution in [3.8, 4) is 11.7 Å². The number of rotatable bonds is 8. The lowest BCUT2D eigenvalue weighted by molar-refractivity contribution is 0.107. The Labute approximate surface area is 209 Å². The third kappa shape index (κ3) is 6.51. The number of nitrogens with zero attached hydrogens (tertiary/aromatic N) is 2. The van der Waals surface area contributed by atoms with Gasteiger partial charge in [-0.1, -0.05) is 46.4 Å². The van der Waals surface area contributed by atoms with Gasteiger partial charge in [-0.05, 0) is 49.5 Å². The van der Waals surface area contributed by atoms with Crippen LogP contribution in [-0.2, 0) is 0 Å². The summed E-state index contributed by atoms with van der Waals surface area (Å²) in [5, 5.41) is 12.7. The topological polar surface area (TPSA) is 90.3 Å². The number of carbonyl (C=O) groups excluding carboxylic acids is 1. The lowest BCUT2D eigenvalue weighted by Crippen LogP contribution is -2.32. The zero-order valence-corrected chi connectivity index (χ0v) is 21.7. The Morgan fingerprint density at radius 3 is 2.66 bits per heavy atom. The summed E-state index contributed by atoms with van der Waals surface area (Å²) in [6.45, 7) is 17.3. The predicted molar refractivity (Wildman–Crippen MR) is 146 cm³/mol. The first-order chi connectivity index (χ1) is 17.0. The Morgan fingerprint density at radius 1 is 1.40 bits per heavy atom. The number of halogens is 1. The zero-order chi connectivity index (χ0) is 26.5. The quantitative estimate of drug-likeness (QED) is 0.242. The number of fused-ring (bicyclic) bond motifs is 1. The van der Waals surface area contributed by atoms with Gasteiger partial charge in [0.15, 0.2) is 11.6 Å². The van der Waals surface area contributed by atoms with Crippen LogP contribution in [0.3, 0.4) is 0 Å². The van der Waals surface area contributed by atoms with Crippen LogP contribution in [0.25, 0.3) is 5.57 Å². The van der Waals surface area contributed by atoms with E-state index in [4.69, 9.17) is 4.74 Å². The van der Waals surface area contributed by atoms with Gasteiger partial charge in [0.25, 0.3) is 0 Å². The lowest BCUT2D eigenvalue weighted by atomic mass is 9.39. The largest absolute Gasteiger partial charge is 0.492 e. The number of nitriles is 1. The summed E-state index contributed by atoms with van der Waals surface area (Å²) in [6, 6.07) is 4.51. The fourth-order valence-corrected chi connectivity index (χ4v) is 3.91. The first kappa shape index (κ1) is 29.4. The van der Waals surface area contributed by atoms with Gasteiger partial charge in [0.2, 0.25) is 0 Å². The highest BCUT2D eigenvalue weighted by Crippen LogP contribution is 2.43. The van der Waals surface area contributed by atoms with Crippen LogP contribution in [0.2, 0.25) is 6.32 Å². The number of carbonyl (C=O) groups is 1. The molecule has 1 aliphatic heterocycles. The molecule has 186 valence electrons. The first-order valence-electron chi connectivity index (χ1n) is 12.0. The van der Waals surface area contributed by atoms with E-state index >= 15 is 0 Å².